The van der Waals surface area contributed by atoms with E-state index in [4.69, 9.17) is 15.0 Å². The van der Waals surface area contributed by atoms with E-state index < -0.39 is 18.1 Å². The van der Waals surface area contributed by atoms with Crippen LogP contribution in [0.4, 0.5) is 19.0 Å². The Kier molecular flexibility index (Phi) is 5.80. The molecule has 0 spiro atoms. The highest BCUT2D eigenvalue weighted by atomic mass is 19.4. The molecule has 0 aliphatic carbocycles. The van der Waals surface area contributed by atoms with E-state index in [0.29, 0.717) is 18.3 Å². The lowest BCUT2D eigenvalue weighted by Gasteiger charge is -2.22. The fourth-order valence-corrected chi connectivity index (χ4v) is 2.84. The van der Waals surface area contributed by atoms with Crippen LogP contribution in [-0.4, -0.2) is 58.9 Å². The Balaban J connectivity index is 0.000000298. The minimum absolute atomic E-state index is 0.0854. The van der Waals surface area contributed by atoms with E-state index in [9.17, 15) is 22.8 Å². The molecule has 2 aliphatic rings. The SMILES string of the molecule is O=C(O)C(F)(F)F.O=C(O)c1ccc(N2C[C@@H]3CNCC[C@@H]3C2=O)nc1. The van der Waals surface area contributed by atoms with Crippen molar-refractivity contribution < 1.29 is 37.8 Å². The number of amides is 1. The summed E-state index contributed by atoms with van der Waals surface area (Å²) in [4.78, 5) is 37.7. The Labute approximate surface area is 145 Å². The summed E-state index contributed by atoms with van der Waals surface area (Å²) in [5.74, 6) is -2.69. The van der Waals surface area contributed by atoms with E-state index in [1.165, 1.54) is 12.3 Å². The molecule has 2 aliphatic heterocycles. The number of carbonyl (C=O) groups excluding carboxylic acids is 1. The van der Waals surface area contributed by atoms with E-state index in [1.807, 2.05) is 0 Å². The largest absolute Gasteiger partial charge is 0.490 e. The van der Waals surface area contributed by atoms with Crippen LogP contribution < -0.4 is 10.2 Å². The van der Waals surface area contributed by atoms with Gasteiger partial charge in [-0.05, 0) is 25.1 Å². The van der Waals surface area contributed by atoms with Gasteiger partial charge in [0.2, 0.25) is 5.91 Å². The van der Waals surface area contributed by atoms with Gasteiger partial charge in [-0.1, -0.05) is 0 Å². The minimum Gasteiger partial charge on any atom is -0.478 e. The maximum Gasteiger partial charge on any atom is 0.490 e. The molecule has 0 saturated carbocycles. The molecule has 1 aromatic heterocycles. The Morgan fingerprint density at radius 2 is 1.92 bits per heavy atom. The van der Waals surface area contributed by atoms with E-state index in [1.54, 1.807) is 11.0 Å². The number of aromatic carboxylic acids is 1. The van der Waals surface area contributed by atoms with Gasteiger partial charge < -0.3 is 15.5 Å². The smallest absolute Gasteiger partial charge is 0.478 e. The number of aliphatic carboxylic acids is 1. The van der Waals surface area contributed by atoms with Crippen LogP contribution in [-0.2, 0) is 9.59 Å². The van der Waals surface area contributed by atoms with Gasteiger partial charge in [-0.2, -0.15) is 13.2 Å². The molecule has 142 valence electrons. The van der Waals surface area contributed by atoms with Crippen molar-refractivity contribution in [3.05, 3.63) is 23.9 Å². The standard InChI is InChI=1S/C13H15N3O3.C2HF3O2/c17-12-10-3-4-14-5-9(10)7-16(12)11-2-1-8(6-15-11)13(18)19;3-2(4,5)1(6)7/h1-2,6,9-10,14H,3-5,7H2,(H,18,19);(H,6,7)/t9-,10-;/m0./s1. The highest BCUT2D eigenvalue weighted by molar-refractivity contribution is 5.97. The number of halogens is 3. The third kappa shape index (κ3) is 4.48. The normalized spacial score (nSPS) is 22.3. The maximum atomic E-state index is 12.3. The summed E-state index contributed by atoms with van der Waals surface area (Å²) in [5, 5.41) is 19.3. The Morgan fingerprint density at radius 1 is 1.27 bits per heavy atom. The van der Waals surface area contributed by atoms with Crippen molar-refractivity contribution in [3.63, 3.8) is 0 Å². The van der Waals surface area contributed by atoms with Crippen LogP contribution in [0.25, 0.3) is 0 Å². The summed E-state index contributed by atoms with van der Waals surface area (Å²) >= 11 is 0. The van der Waals surface area contributed by atoms with Gasteiger partial charge in [-0.25, -0.2) is 14.6 Å². The average molecular weight is 375 g/mol. The number of piperidine rings is 1. The minimum atomic E-state index is -5.08. The molecule has 2 fully saturated rings. The first-order valence-electron chi connectivity index (χ1n) is 7.62. The zero-order chi connectivity index (χ0) is 19.5. The van der Waals surface area contributed by atoms with Crippen molar-refractivity contribution in [2.24, 2.45) is 11.8 Å². The number of carboxylic acid groups (broad SMARTS) is 2. The van der Waals surface area contributed by atoms with Crippen LogP contribution in [0.1, 0.15) is 16.8 Å². The van der Waals surface area contributed by atoms with Gasteiger partial charge in [0, 0.05) is 31.1 Å². The first kappa shape index (κ1) is 19.6. The summed E-state index contributed by atoms with van der Waals surface area (Å²) in [6, 6.07) is 3.09. The molecular formula is C15H16F3N3O5. The van der Waals surface area contributed by atoms with Crippen molar-refractivity contribution in [1.29, 1.82) is 0 Å². The third-order valence-electron chi connectivity index (χ3n) is 4.12. The Hall–Kier alpha value is -2.69. The van der Waals surface area contributed by atoms with Crippen LogP contribution in [0.5, 0.6) is 0 Å². The van der Waals surface area contributed by atoms with Crippen molar-refractivity contribution >= 4 is 23.7 Å². The van der Waals surface area contributed by atoms with E-state index in [0.717, 1.165) is 19.5 Å². The van der Waals surface area contributed by atoms with Gasteiger partial charge in [0.05, 0.1) is 5.56 Å². The second-order valence-electron chi connectivity index (χ2n) is 5.82. The van der Waals surface area contributed by atoms with Gasteiger partial charge in [-0.3, -0.25) is 9.69 Å². The second-order valence-corrected chi connectivity index (χ2v) is 5.82. The van der Waals surface area contributed by atoms with E-state index in [2.05, 4.69) is 10.3 Å². The Morgan fingerprint density at radius 3 is 2.38 bits per heavy atom. The zero-order valence-electron chi connectivity index (χ0n) is 13.4. The number of rotatable bonds is 2. The summed E-state index contributed by atoms with van der Waals surface area (Å²) in [5.41, 5.74) is 0.134. The fraction of sp³-hybridized carbons (Fsp3) is 0.467. The monoisotopic (exact) mass is 375 g/mol. The molecule has 3 rings (SSSR count). The summed E-state index contributed by atoms with van der Waals surface area (Å²) < 4.78 is 31.7. The molecule has 2 atom stereocenters. The lowest BCUT2D eigenvalue weighted by Crippen LogP contribution is -2.36. The molecule has 0 radical (unpaired) electrons. The summed E-state index contributed by atoms with van der Waals surface area (Å²) in [7, 11) is 0. The van der Waals surface area contributed by atoms with Crippen LogP contribution in [0, 0.1) is 11.8 Å². The van der Waals surface area contributed by atoms with Crippen molar-refractivity contribution in [1.82, 2.24) is 10.3 Å². The van der Waals surface area contributed by atoms with Crippen molar-refractivity contribution in [3.8, 4) is 0 Å². The van der Waals surface area contributed by atoms with Gasteiger partial charge in [0.15, 0.2) is 0 Å². The fourth-order valence-electron chi connectivity index (χ4n) is 2.84. The first-order valence-corrected chi connectivity index (χ1v) is 7.62. The summed E-state index contributed by atoms with van der Waals surface area (Å²) in [6.45, 7) is 2.40. The molecule has 1 aromatic rings. The van der Waals surface area contributed by atoms with Gasteiger partial charge in [0.1, 0.15) is 5.82 Å². The molecule has 0 bridgehead atoms. The first-order chi connectivity index (χ1) is 12.1. The molecule has 26 heavy (non-hydrogen) atoms. The van der Waals surface area contributed by atoms with Crippen LogP contribution in [0.3, 0.4) is 0 Å². The lowest BCUT2D eigenvalue weighted by atomic mass is 9.89. The number of pyridine rings is 1. The quantitative estimate of drug-likeness (QED) is 0.705. The molecule has 8 nitrogen and oxygen atoms in total. The zero-order valence-corrected chi connectivity index (χ0v) is 13.4. The third-order valence-corrected chi connectivity index (χ3v) is 4.12. The number of aromatic nitrogens is 1. The topological polar surface area (TPSA) is 120 Å². The van der Waals surface area contributed by atoms with Gasteiger partial charge in [0.25, 0.3) is 0 Å². The predicted molar refractivity (Wildman–Crippen MR) is 81.7 cm³/mol. The number of hydrogen-bond donors (Lipinski definition) is 3. The van der Waals surface area contributed by atoms with Crippen molar-refractivity contribution in [2.45, 2.75) is 12.6 Å². The molecule has 2 saturated heterocycles. The van der Waals surface area contributed by atoms with Crippen LogP contribution in [0.15, 0.2) is 18.3 Å². The number of fused-ring (bicyclic) bond motifs is 1. The number of carbonyl (C=O) groups is 3. The number of hydrogen-bond acceptors (Lipinski definition) is 5. The lowest BCUT2D eigenvalue weighted by molar-refractivity contribution is -0.192. The molecular weight excluding hydrogens is 359 g/mol. The number of nitrogens with zero attached hydrogens (tertiary/aromatic N) is 2. The van der Waals surface area contributed by atoms with Crippen LogP contribution in [0.2, 0.25) is 0 Å². The predicted octanol–water partition coefficient (Wildman–Crippen LogP) is 0.985. The second kappa shape index (κ2) is 7.68. The van der Waals surface area contributed by atoms with Gasteiger partial charge in [-0.15, -0.1) is 0 Å². The number of alkyl halides is 3. The molecule has 11 heteroatoms. The highest BCUT2D eigenvalue weighted by Crippen LogP contribution is 2.32. The number of nitrogens with one attached hydrogen (secondary N) is 1. The maximum absolute atomic E-state index is 12.3. The molecule has 0 unspecified atom stereocenters. The molecule has 3 N–H and O–H groups in total. The molecule has 0 aromatic carbocycles. The van der Waals surface area contributed by atoms with Gasteiger partial charge >= 0.3 is 18.1 Å². The highest BCUT2D eigenvalue weighted by Gasteiger charge is 2.42. The van der Waals surface area contributed by atoms with E-state index in [-0.39, 0.29) is 17.4 Å². The Bertz CT molecular complexity index is 693. The number of carboxylic acids is 2. The molecule has 1 amide bonds. The van der Waals surface area contributed by atoms with Crippen LogP contribution >= 0.6 is 0 Å². The number of anilines is 1. The van der Waals surface area contributed by atoms with Crippen molar-refractivity contribution in [2.75, 3.05) is 24.5 Å². The summed E-state index contributed by atoms with van der Waals surface area (Å²) in [6.07, 6.45) is -2.92. The molecule has 3 heterocycles. The average Bonchev–Trinajstić information content (AvgIpc) is 2.92. The van der Waals surface area contributed by atoms with E-state index >= 15 is 0 Å².